The van der Waals surface area contributed by atoms with Crippen LogP contribution in [0.4, 0.5) is 0 Å². The van der Waals surface area contributed by atoms with E-state index in [-0.39, 0.29) is 16.5 Å². The molecule has 2 atom stereocenters. The molecule has 0 bridgehead atoms. The molecule has 1 fully saturated rings. The number of aliphatic carboxylic acids is 1. The number of aromatic nitrogens is 1. The normalized spacial score (nSPS) is 22.5. The number of aromatic amines is 1. The maximum atomic E-state index is 12.4. The lowest BCUT2D eigenvalue weighted by Crippen LogP contribution is -2.45. The van der Waals surface area contributed by atoms with Crippen LogP contribution in [0.3, 0.4) is 0 Å². The van der Waals surface area contributed by atoms with Crippen molar-refractivity contribution >= 4 is 23.6 Å². The van der Waals surface area contributed by atoms with E-state index in [4.69, 9.17) is 0 Å². The monoisotopic (exact) mass is 282 g/mol. The summed E-state index contributed by atoms with van der Waals surface area (Å²) < 4.78 is 0. The molecular weight excluding hydrogens is 268 g/mol. The van der Waals surface area contributed by atoms with E-state index in [1.165, 1.54) is 35.0 Å². The molecule has 2 N–H and O–H groups in total. The minimum atomic E-state index is -1.01. The molecule has 0 radical (unpaired) electrons. The largest absolute Gasteiger partial charge is 0.480 e. The molecule has 2 heterocycles. The van der Waals surface area contributed by atoms with Crippen LogP contribution in [0, 0.1) is 0 Å². The SMILES string of the molecule is CCC1SCC(C(=O)O)N1C(=O)c1cc[nH]c(=O)c1. The highest BCUT2D eigenvalue weighted by Crippen LogP contribution is 2.32. The molecule has 6 nitrogen and oxygen atoms in total. The zero-order chi connectivity index (χ0) is 14.0. The fraction of sp³-hybridized carbons (Fsp3) is 0.417. The van der Waals surface area contributed by atoms with E-state index in [0.717, 1.165) is 0 Å². The Bertz CT molecular complexity index is 557. The van der Waals surface area contributed by atoms with E-state index in [1.54, 1.807) is 0 Å². The quantitative estimate of drug-likeness (QED) is 0.854. The molecule has 19 heavy (non-hydrogen) atoms. The van der Waals surface area contributed by atoms with Crippen molar-refractivity contribution in [3.63, 3.8) is 0 Å². The summed E-state index contributed by atoms with van der Waals surface area (Å²) in [5.41, 5.74) is -0.159. The number of H-pyrrole nitrogens is 1. The molecule has 0 aliphatic carbocycles. The molecule has 1 aromatic rings. The highest BCUT2D eigenvalue weighted by molar-refractivity contribution is 8.00. The van der Waals surface area contributed by atoms with E-state index in [1.807, 2.05) is 6.92 Å². The molecule has 0 aromatic carbocycles. The van der Waals surface area contributed by atoms with Crippen LogP contribution in [0.5, 0.6) is 0 Å². The van der Waals surface area contributed by atoms with E-state index >= 15 is 0 Å². The van der Waals surface area contributed by atoms with Gasteiger partial charge in [-0.25, -0.2) is 4.79 Å². The van der Waals surface area contributed by atoms with Crippen LogP contribution in [0.2, 0.25) is 0 Å². The summed E-state index contributed by atoms with van der Waals surface area (Å²) in [5.74, 6) is -1.04. The second kappa shape index (κ2) is 5.48. The molecule has 1 amide bonds. The van der Waals surface area contributed by atoms with Crippen molar-refractivity contribution in [2.75, 3.05) is 5.75 Å². The summed E-state index contributed by atoms with van der Waals surface area (Å²) >= 11 is 1.45. The highest BCUT2D eigenvalue weighted by atomic mass is 32.2. The molecular formula is C12H14N2O4S. The first kappa shape index (κ1) is 13.7. The first-order valence-corrected chi connectivity index (χ1v) is 6.95. The van der Waals surface area contributed by atoms with Crippen molar-refractivity contribution in [3.8, 4) is 0 Å². The molecule has 102 valence electrons. The molecule has 0 spiro atoms. The van der Waals surface area contributed by atoms with Crippen molar-refractivity contribution in [2.24, 2.45) is 0 Å². The summed E-state index contributed by atoms with van der Waals surface area (Å²) in [7, 11) is 0. The van der Waals surface area contributed by atoms with Gasteiger partial charge >= 0.3 is 5.97 Å². The number of carbonyl (C=O) groups excluding carboxylic acids is 1. The Morgan fingerprint density at radius 3 is 2.89 bits per heavy atom. The first-order chi connectivity index (χ1) is 9.04. The third kappa shape index (κ3) is 2.65. The van der Waals surface area contributed by atoms with Crippen LogP contribution in [-0.2, 0) is 4.79 Å². The Morgan fingerprint density at radius 1 is 1.58 bits per heavy atom. The Morgan fingerprint density at radius 2 is 2.32 bits per heavy atom. The second-order valence-corrected chi connectivity index (χ2v) is 5.42. The van der Waals surface area contributed by atoms with E-state index in [0.29, 0.717) is 12.2 Å². The average Bonchev–Trinajstić information content (AvgIpc) is 2.81. The van der Waals surface area contributed by atoms with Crippen LogP contribution in [0.15, 0.2) is 23.1 Å². The third-order valence-electron chi connectivity index (χ3n) is 2.98. The maximum Gasteiger partial charge on any atom is 0.327 e. The van der Waals surface area contributed by atoms with Gasteiger partial charge in [-0.3, -0.25) is 9.59 Å². The number of hydrogen-bond donors (Lipinski definition) is 2. The van der Waals surface area contributed by atoms with Gasteiger partial charge in [0, 0.05) is 23.6 Å². The Kier molecular flexibility index (Phi) is 3.94. The van der Waals surface area contributed by atoms with Gasteiger partial charge in [0.25, 0.3) is 5.91 Å². The van der Waals surface area contributed by atoms with Gasteiger partial charge in [-0.2, -0.15) is 0 Å². The van der Waals surface area contributed by atoms with Crippen molar-refractivity contribution in [2.45, 2.75) is 24.8 Å². The van der Waals surface area contributed by atoms with E-state index < -0.39 is 17.9 Å². The smallest absolute Gasteiger partial charge is 0.327 e. The zero-order valence-electron chi connectivity index (χ0n) is 10.3. The van der Waals surface area contributed by atoms with Gasteiger partial charge in [-0.15, -0.1) is 11.8 Å². The molecule has 1 saturated heterocycles. The van der Waals surface area contributed by atoms with Crippen LogP contribution in [0.25, 0.3) is 0 Å². The minimum Gasteiger partial charge on any atom is -0.480 e. The van der Waals surface area contributed by atoms with Gasteiger partial charge in [0.05, 0.1) is 5.37 Å². The second-order valence-electron chi connectivity index (χ2n) is 4.20. The topological polar surface area (TPSA) is 90.5 Å². The number of rotatable bonds is 3. The van der Waals surface area contributed by atoms with Gasteiger partial charge in [-0.1, -0.05) is 6.92 Å². The number of amides is 1. The summed E-state index contributed by atoms with van der Waals surface area (Å²) in [4.78, 5) is 38.6. The maximum absolute atomic E-state index is 12.4. The lowest BCUT2D eigenvalue weighted by Gasteiger charge is -2.26. The molecule has 1 aromatic heterocycles. The predicted octanol–water partition coefficient (Wildman–Crippen LogP) is 0.753. The standard InChI is InChI=1S/C12H14N2O4S/c1-2-10-14(8(6-19-10)12(17)18)11(16)7-3-4-13-9(15)5-7/h3-5,8,10H,2,6H2,1H3,(H,13,15)(H,17,18). The van der Waals surface area contributed by atoms with Crippen LogP contribution in [0.1, 0.15) is 23.7 Å². The number of hydrogen-bond acceptors (Lipinski definition) is 4. The van der Waals surface area contributed by atoms with Crippen molar-refractivity contribution in [1.29, 1.82) is 0 Å². The van der Waals surface area contributed by atoms with Gasteiger partial charge in [0.2, 0.25) is 5.56 Å². The van der Waals surface area contributed by atoms with Crippen molar-refractivity contribution in [1.82, 2.24) is 9.88 Å². The number of nitrogens with zero attached hydrogens (tertiary/aromatic N) is 1. The first-order valence-electron chi connectivity index (χ1n) is 5.90. The average molecular weight is 282 g/mol. The summed E-state index contributed by atoms with van der Waals surface area (Å²) in [6.07, 6.45) is 2.05. The van der Waals surface area contributed by atoms with Crippen molar-refractivity contribution < 1.29 is 14.7 Å². The van der Waals surface area contributed by atoms with E-state index in [9.17, 15) is 19.5 Å². The molecule has 1 aliphatic rings. The number of carboxylic acids is 1. The van der Waals surface area contributed by atoms with Gasteiger partial charge in [0.15, 0.2) is 0 Å². The number of carbonyl (C=O) groups is 2. The minimum absolute atomic E-state index is 0.159. The Balaban J connectivity index is 2.33. The van der Waals surface area contributed by atoms with E-state index in [2.05, 4.69) is 4.98 Å². The van der Waals surface area contributed by atoms with Crippen LogP contribution in [-0.4, -0.2) is 44.0 Å². The predicted molar refractivity (Wildman–Crippen MR) is 71.2 cm³/mol. The fourth-order valence-electron chi connectivity index (χ4n) is 2.07. The van der Waals surface area contributed by atoms with Crippen LogP contribution >= 0.6 is 11.8 Å². The zero-order valence-corrected chi connectivity index (χ0v) is 11.1. The molecule has 0 saturated carbocycles. The van der Waals surface area contributed by atoms with Crippen LogP contribution < -0.4 is 5.56 Å². The lowest BCUT2D eigenvalue weighted by atomic mass is 10.2. The number of thioether (sulfide) groups is 1. The fourth-order valence-corrected chi connectivity index (χ4v) is 3.41. The summed E-state index contributed by atoms with van der Waals surface area (Å²) in [5, 5.41) is 9.01. The van der Waals surface area contributed by atoms with Gasteiger partial charge < -0.3 is 15.0 Å². The Hall–Kier alpha value is -1.76. The number of carboxylic acid groups (broad SMARTS) is 1. The summed E-state index contributed by atoms with van der Waals surface area (Å²) in [6, 6.07) is 1.84. The lowest BCUT2D eigenvalue weighted by molar-refractivity contribution is -0.141. The van der Waals surface area contributed by atoms with Crippen molar-refractivity contribution in [3.05, 3.63) is 34.2 Å². The molecule has 7 heteroatoms. The summed E-state index contributed by atoms with van der Waals surface area (Å²) in [6.45, 7) is 1.90. The molecule has 2 unspecified atom stereocenters. The molecule has 1 aliphatic heterocycles. The Labute approximate surface area is 113 Å². The molecule has 2 rings (SSSR count). The van der Waals surface area contributed by atoms with Gasteiger partial charge in [-0.05, 0) is 12.5 Å². The van der Waals surface area contributed by atoms with Gasteiger partial charge in [0.1, 0.15) is 6.04 Å². The highest BCUT2D eigenvalue weighted by Gasteiger charge is 2.41. The third-order valence-corrected chi connectivity index (χ3v) is 4.44. The number of nitrogens with one attached hydrogen (secondary N) is 1. The number of pyridine rings is 1.